The van der Waals surface area contributed by atoms with Gasteiger partial charge in [0, 0.05) is 6.04 Å². The van der Waals surface area contributed by atoms with Gasteiger partial charge in [0.05, 0.1) is 16.7 Å². The van der Waals surface area contributed by atoms with E-state index in [1.165, 1.54) is 18.2 Å². The van der Waals surface area contributed by atoms with E-state index in [2.05, 4.69) is 4.72 Å². The Hall–Kier alpha value is -1.09. The quantitative estimate of drug-likeness (QED) is 0.932. The smallest absolute Gasteiger partial charge is 0.208 e. The first-order valence-electron chi connectivity index (χ1n) is 6.16. The summed E-state index contributed by atoms with van der Waals surface area (Å²) >= 11 is 5.93. The molecule has 1 aliphatic carbocycles. The summed E-state index contributed by atoms with van der Waals surface area (Å²) in [6, 6.07) is 6.12. The van der Waals surface area contributed by atoms with Crippen LogP contribution >= 0.6 is 11.6 Å². The number of halogens is 1. The van der Waals surface area contributed by atoms with E-state index in [1.54, 1.807) is 0 Å². The lowest BCUT2D eigenvalue weighted by Gasteiger charge is -2.18. The fourth-order valence-corrected chi connectivity index (χ4v) is 4.27. The number of nitrogens with zero attached hydrogens (tertiary/aromatic N) is 1. The Morgan fingerprint density at radius 2 is 2.16 bits per heavy atom. The largest absolute Gasteiger partial charge is 0.242 e. The molecule has 4 nitrogen and oxygen atoms in total. The van der Waals surface area contributed by atoms with Crippen LogP contribution in [0.1, 0.15) is 31.7 Å². The van der Waals surface area contributed by atoms with Gasteiger partial charge in [0.2, 0.25) is 10.0 Å². The van der Waals surface area contributed by atoms with Gasteiger partial charge in [-0.15, -0.1) is 0 Å². The lowest BCUT2D eigenvalue weighted by atomic mass is 10.1. The average molecular weight is 299 g/mol. The molecule has 102 valence electrons. The molecule has 0 aromatic heterocycles. The molecule has 1 saturated carbocycles. The van der Waals surface area contributed by atoms with Crippen LogP contribution in [0.5, 0.6) is 0 Å². The van der Waals surface area contributed by atoms with Crippen LogP contribution in [0.3, 0.4) is 0 Å². The molecule has 6 heteroatoms. The van der Waals surface area contributed by atoms with Crippen molar-refractivity contribution in [2.24, 2.45) is 5.92 Å². The van der Waals surface area contributed by atoms with Crippen LogP contribution in [0.2, 0.25) is 5.02 Å². The van der Waals surface area contributed by atoms with E-state index in [0.717, 1.165) is 19.3 Å². The predicted octanol–water partition coefficient (Wildman–Crippen LogP) is 2.68. The van der Waals surface area contributed by atoms with Crippen molar-refractivity contribution >= 4 is 21.6 Å². The molecule has 2 unspecified atom stereocenters. The van der Waals surface area contributed by atoms with Gasteiger partial charge in [0.1, 0.15) is 4.90 Å². The average Bonchev–Trinajstić information content (AvgIpc) is 2.75. The van der Waals surface area contributed by atoms with Gasteiger partial charge in [-0.25, -0.2) is 13.1 Å². The normalized spacial score (nSPS) is 23.2. The first-order chi connectivity index (χ1) is 8.94. The zero-order chi connectivity index (χ0) is 14.0. The first kappa shape index (κ1) is 14.3. The Bertz CT molecular complexity index is 622. The number of hydrogen-bond acceptors (Lipinski definition) is 3. The predicted molar refractivity (Wildman–Crippen MR) is 73.3 cm³/mol. The SMILES string of the molecule is CC1CCCC1NS(=O)(=O)c1cc(C#N)ccc1Cl. The van der Waals surface area contributed by atoms with Gasteiger partial charge in [0.25, 0.3) is 0 Å². The summed E-state index contributed by atoms with van der Waals surface area (Å²) in [5.74, 6) is 0.327. The van der Waals surface area contributed by atoms with Gasteiger partial charge in [-0.1, -0.05) is 24.9 Å². The maximum atomic E-state index is 12.3. The molecule has 0 heterocycles. The highest BCUT2D eigenvalue weighted by Gasteiger charge is 2.29. The van der Waals surface area contributed by atoms with Gasteiger partial charge >= 0.3 is 0 Å². The van der Waals surface area contributed by atoms with Gasteiger partial charge in [-0.05, 0) is 37.0 Å². The van der Waals surface area contributed by atoms with Gasteiger partial charge in [-0.2, -0.15) is 5.26 Å². The zero-order valence-electron chi connectivity index (χ0n) is 10.6. The summed E-state index contributed by atoms with van der Waals surface area (Å²) in [6.45, 7) is 2.04. The molecule has 2 rings (SSSR count). The summed E-state index contributed by atoms with van der Waals surface area (Å²) in [5, 5.41) is 8.97. The van der Waals surface area contributed by atoms with Crippen molar-refractivity contribution in [3.05, 3.63) is 28.8 Å². The van der Waals surface area contributed by atoms with E-state index >= 15 is 0 Å². The number of sulfonamides is 1. The third kappa shape index (κ3) is 3.08. The van der Waals surface area contributed by atoms with E-state index in [0.29, 0.717) is 5.92 Å². The molecule has 1 aromatic rings. The van der Waals surface area contributed by atoms with Gasteiger partial charge < -0.3 is 0 Å². The Labute approximate surface area is 118 Å². The molecule has 1 aromatic carbocycles. The van der Waals surface area contributed by atoms with E-state index in [-0.39, 0.29) is 21.5 Å². The third-order valence-corrected chi connectivity index (χ3v) is 5.49. The van der Waals surface area contributed by atoms with Crippen LogP contribution in [0.25, 0.3) is 0 Å². The van der Waals surface area contributed by atoms with Crippen molar-refractivity contribution in [3.63, 3.8) is 0 Å². The van der Waals surface area contributed by atoms with Crippen LogP contribution in [-0.2, 0) is 10.0 Å². The molecule has 0 aliphatic heterocycles. The standard InChI is InChI=1S/C13H15ClN2O2S/c1-9-3-2-4-12(9)16-19(17,18)13-7-10(8-15)5-6-11(13)14/h5-7,9,12,16H,2-4H2,1H3. The Morgan fingerprint density at radius 3 is 2.74 bits per heavy atom. The number of benzene rings is 1. The van der Waals surface area contributed by atoms with E-state index in [1.807, 2.05) is 13.0 Å². The van der Waals surface area contributed by atoms with E-state index < -0.39 is 10.0 Å². The fourth-order valence-electron chi connectivity index (χ4n) is 2.36. The van der Waals surface area contributed by atoms with Crippen molar-refractivity contribution in [1.29, 1.82) is 5.26 Å². The molecular weight excluding hydrogens is 284 g/mol. The number of rotatable bonds is 3. The minimum Gasteiger partial charge on any atom is -0.208 e. The van der Waals surface area contributed by atoms with E-state index in [4.69, 9.17) is 16.9 Å². The van der Waals surface area contributed by atoms with Crippen LogP contribution in [0.4, 0.5) is 0 Å². The highest BCUT2D eigenvalue weighted by molar-refractivity contribution is 7.89. The van der Waals surface area contributed by atoms with Gasteiger partial charge in [0.15, 0.2) is 0 Å². The van der Waals surface area contributed by atoms with Crippen LogP contribution in [-0.4, -0.2) is 14.5 Å². The molecular formula is C13H15ClN2O2S. The molecule has 1 N–H and O–H groups in total. The topological polar surface area (TPSA) is 70.0 Å². The number of nitriles is 1. The second kappa shape index (κ2) is 5.49. The summed E-state index contributed by atoms with van der Waals surface area (Å²) in [7, 11) is -3.67. The van der Waals surface area contributed by atoms with Crippen molar-refractivity contribution in [2.45, 2.75) is 37.1 Å². The second-order valence-corrected chi connectivity index (χ2v) is 6.98. The molecule has 19 heavy (non-hydrogen) atoms. The van der Waals surface area contributed by atoms with Crippen LogP contribution in [0, 0.1) is 17.2 Å². The zero-order valence-corrected chi connectivity index (χ0v) is 12.1. The molecule has 2 atom stereocenters. The van der Waals surface area contributed by atoms with E-state index in [9.17, 15) is 8.42 Å². The molecule has 0 radical (unpaired) electrons. The highest BCUT2D eigenvalue weighted by Crippen LogP contribution is 2.28. The monoisotopic (exact) mass is 298 g/mol. The third-order valence-electron chi connectivity index (χ3n) is 3.52. The fraction of sp³-hybridized carbons (Fsp3) is 0.462. The maximum Gasteiger partial charge on any atom is 0.242 e. The number of hydrogen-bond donors (Lipinski definition) is 1. The van der Waals surface area contributed by atoms with Crippen LogP contribution < -0.4 is 4.72 Å². The lowest BCUT2D eigenvalue weighted by Crippen LogP contribution is -2.36. The van der Waals surface area contributed by atoms with Crippen molar-refractivity contribution in [1.82, 2.24) is 4.72 Å². The van der Waals surface area contributed by atoms with Crippen molar-refractivity contribution < 1.29 is 8.42 Å². The lowest BCUT2D eigenvalue weighted by molar-refractivity contribution is 0.476. The second-order valence-electron chi connectivity index (χ2n) is 4.89. The van der Waals surface area contributed by atoms with Crippen molar-refractivity contribution in [3.8, 4) is 6.07 Å². The molecule has 0 spiro atoms. The summed E-state index contributed by atoms with van der Waals surface area (Å²) < 4.78 is 27.3. The first-order valence-corrected chi connectivity index (χ1v) is 8.02. The molecule has 1 fully saturated rings. The minimum atomic E-state index is -3.67. The maximum absolute atomic E-state index is 12.3. The highest BCUT2D eigenvalue weighted by atomic mass is 35.5. The van der Waals surface area contributed by atoms with Gasteiger partial charge in [-0.3, -0.25) is 0 Å². The van der Waals surface area contributed by atoms with Crippen LogP contribution in [0.15, 0.2) is 23.1 Å². The summed E-state index contributed by atoms with van der Waals surface area (Å²) in [5.41, 5.74) is 0.282. The molecule has 0 bridgehead atoms. The minimum absolute atomic E-state index is 0.0210. The Balaban J connectivity index is 2.32. The summed E-state index contributed by atoms with van der Waals surface area (Å²) in [6.07, 6.45) is 2.90. The Kier molecular flexibility index (Phi) is 4.14. The summed E-state index contributed by atoms with van der Waals surface area (Å²) in [4.78, 5) is -0.0210. The molecule has 1 aliphatic rings. The molecule has 0 saturated heterocycles. The molecule has 0 amide bonds. The van der Waals surface area contributed by atoms with Crippen molar-refractivity contribution in [2.75, 3.05) is 0 Å². The Morgan fingerprint density at radius 1 is 1.42 bits per heavy atom. The number of nitrogens with one attached hydrogen (secondary N) is 1.